The highest BCUT2D eigenvalue weighted by molar-refractivity contribution is 7.99. The van der Waals surface area contributed by atoms with Gasteiger partial charge in [0, 0.05) is 19.4 Å². The molecule has 102 valence electrons. The number of furan rings is 1. The van der Waals surface area contributed by atoms with E-state index in [2.05, 4.69) is 10.3 Å². The van der Waals surface area contributed by atoms with Crippen LogP contribution in [-0.2, 0) is 11.8 Å². The maximum absolute atomic E-state index is 11.8. The summed E-state index contributed by atoms with van der Waals surface area (Å²) in [4.78, 5) is 16.0. The monoisotopic (exact) mass is 279 g/mol. The molecule has 2 rings (SSSR count). The van der Waals surface area contributed by atoms with Crippen LogP contribution in [0.2, 0.25) is 0 Å². The molecule has 1 atom stereocenters. The van der Waals surface area contributed by atoms with Gasteiger partial charge in [0.15, 0.2) is 5.16 Å². The number of carbonyl (C=O) groups excluding carboxylic acids is 1. The lowest BCUT2D eigenvalue weighted by Crippen LogP contribution is -2.28. The minimum absolute atomic E-state index is 0.0328. The molecule has 1 amide bonds. The zero-order valence-corrected chi connectivity index (χ0v) is 12.0. The van der Waals surface area contributed by atoms with Gasteiger partial charge in [-0.05, 0) is 26.0 Å². The van der Waals surface area contributed by atoms with Gasteiger partial charge < -0.3 is 14.3 Å². The van der Waals surface area contributed by atoms with Gasteiger partial charge in [-0.15, -0.1) is 0 Å². The first-order chi connectivity index (χ1) is 9.06. The van der Waals surface area contributed by atoms with Crippen molar-refractivity contribution < 1.29 is 9.21 Å². The lowest BCUT2D eigenvalue weighted by molar-refractivity contribution is -0.119. The number of rotatable bonds is 5. The lowest BCUT2D eigenvalue weighted by Gasteiger charge is -2.11. The third kappa shape index (κ3) is 3.64. The number of carbonyl (C=O) groups is 1. The van der Waals surface area contributed by atoms with E-state index in [0.717, 1.165) is 16.7 Å². The van der Waals surface area contributed by atoms with E-state index in [-0.39, 0.29) is 11.9 Å². The molecule has 0 saturated heterocycles. The summed E-state index contributed by atoms with van der Waals surface area (Å²) in [6.45, 7) is 3.79. The fourth-order valence-electron chi connectivity index (χ4n) is 1.66. The Labute approximate surface area is 116 Å². The molecule has 2 heterocycles. The molecular formula is C13H17N3O2S. The van der Waals surface area contributed by atoms with E-state index in [1.54, 1.807) is 6.20 Å². The molecule has 0 spiro atoms. The van der Waals surface area contributed by atoms with Crippen molar-refractivity contribution in [3.05, 3.63) is 36.0 Å². The summed E-state index contributed by atoms with van der Waals surface area (Å²) in [5.74, 6) is 1.93. The van der Waals surface area contributed by atoms with Crippen molar-refractivity contribution in [3.8, 4) is 0 Å². The van der Waals surface area contributed by atoms with Crippen LogP contribution in [0.1, 0.15) is 24.5 Å². The molecule has 19 heavy (non-hydrogen) atoms. The van der Waals surface area contributed by atoms with E-state index < -0.39 is 0 Å². The zero-order chi connectivity index (χ0) is 13.8. The number of aryl methyl sites for hydroxylation is 2. The first-order valence-electron chi connectivity index (χ1n) is 6.02. The second kappa shape index (κ2) is 5.97. The van der Waals surface area contributed by atoms with Gasteiger partial charge in [0.2, 0.25) is 5.91 Å². The number of thioether (sulfide) groups is 1. The van der Waals surface area contributed by atoms with Gasteiger partial charge >= 0.3 is 0 Å². The molecule has 0 aromatic carbocycles. The van der Waals surface area contributed by atoms with Crippen LogP contribution in [0.15, 0.2) is 34.1 Å². The third-order valence-corrected chi connectivity index (χ3v) is 3.73. The van der Waals surface area contributed by atoms with E-state index >= 15 is 0 Å². The fraction of sp³-hybridized carbons (Fsp3) is 0.385. The van der Waals surface area contributed by atoms with Crippen molar-refractivity contribution in [2.24, 2.45) is 7.05 Å². The van der Waals surface area contributed by atoms with Crippen molar-refractivity contribution in [2.45, 2.75) is 25.0 Å². The Morgan fingerprint density at radius 1 is 1.58 bits per heavy atom. The second-order valence-electron chi connectivity index (χ2n) is 4.35. The van der Waals surface area contributed by atoms with Crippen LogP contribution >= 0.6 is 11.8 Å². The van der Waals surface area contributed by atoms with E-state index in [1.807, 2.05) is 43.8 Å². The topological polar surface area (TPSA) is 60.1 Å². The zero-order valence-electron chi connectivity index (χ0n) is 11.2. The van der Waals surface area contributed by atoms with Crippen LogP contribution in [0.3, 0.4) is 0 Å². The summed E-state index contributed by atoms with van der Waals surface area (Å²) >= 11 is 1.41. The van der Waals surface area contributed by atoms with Crippen molar-refractivity contribution in [2.75, 3.05) is 5.75 Å². The molecule has 0 aliphatic heterocycles. The molecular weight excluding hydrogens is 262 g/mol. The number of nitrogens with one attached hydrogen (secondary N) is 1. The summed E-state index contributed by atoms with van der Waals surface area (Å²) in [6, 6.07) is 3.65. The number of hydrogen-bond donors (Lipinski definition) is 1. The molecule has 0 bridgehead atoms. The predicted molar refractivity (Wildman–Crippen MR) is 73.9 cm³/mol. The van der Waals surface area contributed by atoms with E-state index in [4.69, 9.17) is 4.42 Å². The van der Waals surface area contributed by atoms with Gasteiger partial charge in [-0.25, -0.2) is 4.98 Å². The van der Waals surface area contributed by atoms with Gasteiger partial charge in [0.25, 0.3) is 0 Å². The van der Waals surface area contributed by atoms with Crippen LogP contribution in [0.5, 0.6) is 0 Å². The van der Waals surface area contributed by atoms with Crippen LogP contribution in [0.4, 0.5) is 0 Å². The Hall–Kier alpha value is -1.69. The molecule has 0 aliphatic rings. The Bertz CT molecular complexity index is 562. The van der Waals surface area contributed by atoms with Gasteiger partial charge in [-0.1, -0.05) is 11.8 Å². The highest BCUT2D eigenvalue weighted by atomic mass is 32.2. The molecule has 2 aromatic rings. The highest BCUT2D eigenvalue weighted by Gasteiger charge is 2.13. The minimum Gasteiger partial charge on any atom is -0.464 e. The van der Waals surface area contributed by atoms with E-state index in [9.17, 15) is 4.79 Å². The smallest absolute Gasteiger partial charge is 0.231 e. The van der Waals surface area contributed by atoms with Gasteiger partial charge in [0.05, 0.1) is 11.8 Å². The first kappa shape index (κ1) is 13.7. The SMILES string of the molecule is Cc1ccc(C(C)NC(=O)CSc2nccn2C)o1. The summed E-state index contributed by atoms with van der Waals surface area (Å²) in [5.41, 5.74) is 0. The molecule has 1 N–H and O–H groups in total. The Morgan fingerprint density at radius 3 is 2.95 bits per heavy atom. The molecule has 0 fully saturated rings. The molecule has 2 aromatic heterocycles. The molecule has 0 aliphatic carbocycles. The van der Waals surface area contributed by atoms with Gasteiger partial charge in [-0.3, -0.25) is 4.79 Å². The Balaban J connectivity index is 1.83. The van der Waals surface area contributed by atoms with Gasteiger partial charge in [0.1, 0.15) is 11.5 Å². The Kier molecular flexibility index (Phi) is 4.31. The number of amides is 1. The normalized spacial score (nSPS) is 12.4. The maximum Gasteiger partial charge on any atom is 0.231 e. The molecule has 1 unspecified atom stereocenters. The van der Waals surface area contributed by atoms with Crippen molar-refractivity contribution >= 4 is 17.7 Å². The van der Waals surface area contributed by atoms with Crippen LogP contribution < -0.4 is 5.32 Å². The van der Waals surface area contributed by atoms with Crippen LogP contribution in [-0.4, -0.2) is 21.2 Å². The molecule has 0 radical (unpaired) electrons. The minimum atomic E-state index is -0.122. The Morgan fingerprint density at radius 2 is 2.37 bits per heavy atom. The van der Waals surface area contributed by atoms with Crippen molar-refractivity contribution in [3.63, 3.8) is 0 Å². The second-order valence-corrected chi connectivity index (χ2v) is 5.29. The lowest BCUT2D eigenvalue weighted by atomic mass is 10.2. The standard InChI is InChI=1S/C13H17N3O2S/c1-9-4-5-11(18-9)10(2)15-12(17)8-19-13-14-6-7-16(13)3/h4-7,10H,8H2,1-3H3,(H,15,17). The summed E-state index contributed by atoms with van der Waals surface area (Å²) in [7, 11) is 1.90. The van der Waals surface area contributed by atoms with Crippen LogP contribution in [0.25, 0.3) is 0 Å². The number of hydrogen-bond acceptors (Lipinski definition) is 4. The van der Waals surface area contributed by atoms with E-state index in [1.165, 1.54) is 11.8 Å². The average molecular weight is 279 g/mol. The average Bonchev–Trinajstić information content (AvgIpc) is 2.95. The largest absolute Gasteiger partial charge is 0.464 e. The maximum atomic E-state index is 11.8. The highest BCUT2D eigenvalue weighted by Crippen LogP contribution is 2.17. The fourth-order valence-corrected chi connectivity index (χ4v) is 2.40. The number of aromatic nitrogens is 2. The van der Waals surface area contributed by atoms with E-state index in [0.29, 0.717) is 5.75 Å². The molecule has 0 saturated carbocycles. The first-order valence-corrected chi connectivity index (χ1v) is 7.00. The molecule has 5 nitrogen and oxygen atoms in total. The molecule has 6 heteroatoms. The predicted octanol–water partition coefficient (Wildman–Crippen LogP) is 2.29. The van der Waals surface area contributed by atoms with Crippen molar-refractivity contribution in [1.82, 2.24) is 14.9 Å². The van der Waals surface area contributed by atoms with Crippen LogP contribution in [0, 0.1) is 6.92 Å². The summed E-state index contributed by atoms with van der Waals surface area (Å²) < 4.78 is 7.36. The summed E-state index contributed by atoms with van der Waals surface area (Å²) in [6.07, 6.45) is 3.57. The summed E-state index contributed by atoms with van der Waals surface area (Å²) in [5, 5.41) is 3.73. The number of nitrogens with zero attached hydrogens (tertiary/aromatic N) is 2. The number of imidazole rings is 1. The van der Waals surface area contributed by atoms with Crippen molar-refractivity contribution in [1.29, 1.82) is 0 Å². The van der Waals surface area contributed by atoms with Gasteiger partial charge in [-0.2, -0.15) is 0 Å². The third-order valence-electron chi connectivity index (χ3n) is 2.67. The quantitative estimate of drug-likeness (QED) is 0.853.